The summed E-state index contributed by atoms with van der Waals surface area (Å²) >= 11 is 1.41. The summed E-state index contributed by atoms with van der Waals surface area (Å²) in [5, 5.41) is 26.7. The minimum Gasteiger partial charge on any atom is -0.463 e. The molecule has 31 heavy (non-hydrogen) atoms. The Labute approximate surface area is 182 Å². The van der Waals surface area contributed by atoms with E-state index in [0.717, 1.165) is 15.5 Å². The van der Waals surface area contributed by atoms with Gasteiger partial charge in [-0.15, -0.1) is 10.2 Å². The quantitative estimate of drug-likeness (QED) is 0.625. The van der Waals surface area contributed by atoms with Crippen LogP contribution in [0.5, 0.6) is 0 Å². The fraction of sp³-hybridized carbons (Fsp3) is 0.421. The first-order valence-electron chi connectivity index (χ1n) is 9.74. The molecule has 3 heterocycles. The van der Waals surface area contributed by atoms with Gasteiger partial charge in [0.15, 0.2) is 0 Å². The van der Waals surface area contributed by atoms with Gasteiger partial charge in [0.25, 0.3) is 0 Å². The van der Waals surface area contributed by atoms with Crippen molar-refractivity contribution in [3.05, 3.63) is 24.4 Å². The van der Waals surface area contributed by atoms with E-state index in [2.05, 4.69) is 25.5 Å². The van der Waals surface area contributed by atoms with Gasteiger partial charge in [0.2, 0.25) is 10.3 Å². The van der Waals surface area contributed by atoms with Crippen molar-refractivity contribution >= 4 is 50.4 Å². The van der Waals surface area contributed by atoms with E-state index >= 15 is 0 Å². The molecule has 0 saturated carbocycles. The Hall–Kier alpha value is -3.41. The molecule has 1 amide bonds. The topological polar surface area (TPSA) is 126 Å². The zero-order valence-corrected chi connectivity index (χ0v) is 18.2. The number of rotatable bonds is 3. The number of benzene rings is 1. The van der Waals surface area contributed by atoms with E-state index in [-0.39, 0.29) is 6.09 Å². The van der Waals surface area contributed by atoms with E-state index in [1.54, 1.807) is 17.0 Å². The average molecular weight is 446 g/mol. The van der Waals surface area contributed by atoms with E-state index in [1.165, 1.54) is 17.5 Å². The first kappa shape index (κ1) is 20.8. The number of amides is 1. The van der Waals surface area contributed by atoms with Crippen LogP contribution in [0.4, 0.5) is 25.5 Å². The van der Waals surface area contributed by atoms with Gasteiger partial charge in [-0.05, 0) is 39.0 Å². The minimum atomic E-state index is -1.13. The lowest BCUT2D eigenvalue weighted by Crippen LogP contribution is -2.50. The number of carbonyl (C=O) groups excluding carboxylic acids is 1. The molecule has 164 valence electrons. The normalized spacial score (nSPS) is 14.7. The molecule has 0 bridgehead atoms. The summed E-state index contributed by atoms with van der Waals surface area (Å²) < 4.78 is 6.36. The Morgan fingerprint density at radius 2 is 1.90 bits per heavy atom. The van der Waals surface area contributed by atoms with Gasteiger partial charge in [-0.3, -0.25) is 0 Å². The van der Waals surface area contributed by atoms with Crippen molar-refractivity contribution in [1.29, 1.82) is 0 Å². The highest BCUT2D eigenvalue weighted by molar-refractivity contribution is 7.19. The third-order valence-electron chi connectivity index (χ3n) is 4.62. The van der Waals surface area contributed by atoms with Crippen molar-refractivity contribution in [2.75, 3.05) is 36.4 Å². The summed E-state index contributed by atoms with van der Waals surface area (Å²) in [6.45, 7) is 7.97. The van der Waals surface area contributed by atoms with Gasteiger partial charge in [-0.2, -0.15) is 9.78 Å². The van der Waals surface area contributed by atoms with Crippen LogP contribution >= 0.6 is 11.3 Å². The largest absolute Gasteiger partial charge is 0.463 e. The van der Waals surface area contributed by atoms with Crippen molar-refractivity contribution in [2.24, 2.45) is 0 Å². The molecule has 0 unspecified atom stereocenters. The fourth-order valence-electron chi connectivity index (χ4n) is 3.19. The lowest BCUT2D eigenvalue weighted by atomic mass is 10.2. The molecule has 2 N–H and O–H groups in total. The van der Waals surface area contributed by atoms with Crippen LogP contribution < -0.4 is 10.2 Å². The predicted molar refractivity (Wildman–Crippen MR) is 116 cm³/mol. The summed E-state index contributed by atoms with van der Waals surface area (Å²) in [5.41, 5.74) is 0.761. The molecule has 11 nitrogen and oxygen atoms in total. The van der Waals surface area contributed by atoms with Gasteiger partial charge in [0, 0.05) is 37.3 Å². The van der Waals surface area contributed by atoms with Crippen LogP contribution in [0.25, 0.3) is 10.9 Å². The number of nitrogens with zero attached hydrogens (tertiary/aromatic N) is 6. The Bertz CT molecular complexity index is 1110. The number of ether oxygens (including phenoxy) is 1. The summed E-state index contributed by atoms with van der Waals surface area (Å²) in [6, 6.07) is 5.27. The van der Waals surface area contributed by atoms with Gasteiger partial charge < -0.3 is 25.0 Å². The predicted octanol–water partition coefficient (Wildman–Crippen LogP) is 3.21. The molecule has 4 rings (SSSR count). The van der Waals surface area contributed by atoms with Crippen LogP contribution in [-0.2, 0) is 4.74 Å². The summed E-state index contributed by atoms with van der Waals surface area (Å²) in [7, 11) is 0. The maximum Gasteiger partial charge on any atom is 0.432 e. The van der Waals surface area contributed by atoms with E-state index in [0.29, 0.717) is 42.2 Å². The number of aromatic nitrogens is 4. The van der Waals surface area contributed by atoms with Crippen LogP contribution in [-0.4, -0.2) is 74.0 Å². The van der Waals surface area contributed by atoms with Gasteiger partial charge in [0.1, 0.15) is 5.60 Å². The molecule has 0 atom stereocenters. The summed E-state index contributed by atoms with van der Waals surface area (Å²) in [4.78, 5) is 27.2. The molecule has 1 aliphatic heterocycles. The molecule has 1 saturated heterocycles. The van der Waals surface area contributed by atoms with Gasteiger partial charge in [-0.1, -0.05) is 11.3 Å². The number of piperazine rings is 1. The van der Waals surface area contributed by atoms with Gasteiger partial charge in [-0.25, -0.2) is 9.59 Å². The molecule has 1 aliphatic rings. The Kier molecular flexibility index (Phi) is 5.39. The second-order valence-corrected chi connectivity index (χ2v) is 9.04. The third kappa shape index (κ3) is 4.68. The van der Waals surface area contributed by atoms with E-state index in [9.17, 15) is 9.59 Å². The molecule has 3 aromatic rings. The number of fused-ring (bicyclic) bond motifs is 1. The number of nitrogens with one attached hydrogen (secondary N) is 1. The number of anilines is 3. The molecule has 0 aliphatic carbocycles. The smallest absolute Gasteiger partial charge is 0.432 e. The zero-order chi connectivity index (χ0) is 22.2. The highest BCUT2D eigenvalue weighted by atomic mass is 32.1. The lowest BCUT2D eigenvalue weighted by molar-refractivity contribution is 0.0240. The van der Waals surface area contributed by atoms with Crippen molar-refractivity contribution in [3.63, 3.8) is 0 Å². The number of hydrogen-bond donors (Lipinski definition) is 2. The molecule has 1 aromatic carbocycles. The zero-order valence-electron chi connectivity index (χ0n) is 17.4. The van der Waals surface area contributed by atoms with Gasteiger partial charge in [0.05, 0.1) is 11.7 Å². The SMILES string of the molecule is CC(C)(C)OC(=O)N1CCN(c2nnc(Nc3ccc4c(cnn4C(=O)O)c3)s2)CC1. The van der Waals surface area contributed by atoms with E-state index in [1.807, 2.05) is 26.8 Å². The maximum absolute atomic E-state index is 12.2. The van der Waals surface area contributed by atoms with Crippen LogP contribution in [0.3, 0.4) is 0 Å². The van der Waals surface area contributed by atoms with Crippen LogP contribution in [0.2, 0.25) is 0 Å². The third-order valence-corrected chi connectivity index (χ3v) is 5.52. The summed E-state index contributed by atoms with van der Waals surface area (Å²) in [6.07, 6.45) is 0.0780. The highest BCUT2D eigenvalue weighted by Gasteiger charge is 2.27. The Balaban J connectivity index is 1.37. The Morgan fingerprint density at radius 1 is 1.16 bits per heavy atom. The lowest BCUT2D eigenvalue weighted by Gasteiger charge is -2.35. The minimum absolute atomic E-state index is 0.298. The van der Waals surface area contributed by atoms with Crippen LogP contribution in [0.1, 0.15) is 20.8 Å². The molecule has 0 spiro atoms. The van der Waals surface area contributed by atoms with Crippen molar-refractivity contribution < 1.29 is 19.4 Å². The number of carboxylic acid groups (broad SMARTS) is 1. The number of carbonyl (C=O) groups is 2. The molecule has 1 fully saturated rings. The number of hydrogen-bond acceptors (Lipinski definition) is 9. The van der Waals surface area contributed by atoms with Crippen LogP contribution in [0.15, 0.2) is 24.4 Å². The van der Waals surface area contributed by atoms with Crippen molar-refractivity contribution in [3.8, 4) is 0 Å². The molecular formula is C19H23N7O4S. The first-order valence-corrected chi connectivity index (χ1v) is 10.6. The van der Waals surface area contributed by atoms with Crippen molar-refractivity contribution in [2.45, 2.75) is 26.4 Å². The second kappa shape index (κ2) is 8.02. The second-order valence-electron chi connectivity index (χ2n) is 8.08. The van der Waals surface area contributed by atoms with E-state index < -0.39 is 11.7 Å². The monoisotopic (exact) mass is 445 g/mol. The highest BCUT2D eigenvalue weighted by Crippen LogP contribution is 2.29. The van der Waals surface area contributed by atoms with E-state index in [4.69, 9.17) is 9.84 Å². The fourth-order valence-corrected chi connectivity index (χ4v) is 4.00. The van der Waals surface area contributed by atoms with Gasteiger partial charge >= 0.3 is 12.2 Å². The van der Waals surface area contributed by atoms with Crippen LogP contribution in [0, 0.1) is 0 Å². The summed E-state index contributed by atoms with van der Waals surface area (Å²) in [5.74, 6) is 0. The standard InChI is InChI=1S/C19H23N7O4S/c1-19(2,3)30-18(29)25-8-6-24(7-9-25)16-23-22-15(31-16)21-13-4-5-14-12(10-13)11-20-26(14)17(27)28/h4-5,10-11H,6-9H2,1-3H3,(H,21,22)(H,27,28). The molecular weight excluding hydrogens is 422 g/mol. The Morgan fingerprint density at radius 3 is 2.58 bits per heavy atom. The first-order chi connectivity index (χ1) is 14.7. The maximum atomic E-state index is 12.2. The molecule has 0 radical (unpaired) electrons. The van der Waals surface area contributed by atoms with Crippen molar-refractivity contribution in [1.82, 2.24) is 24.9 Å². The molecule has 12 heteroatoms. The average Bonchev–Trinajstić information content (AvgIpc) is 3.33. The molecule has 2 aromatic heterocycles.